The van der Waals surface area contributed by atoms with Crippen LogP contribution >= 0.6 is 15.9 Å². The minimum absolute atomic E-state index is 0.135. The lowest BCUT2D eigenvalue weighted by atomic mass is 9.91. The quantitative estimate of drug-likeness (QED) is 0.895. The fourth-order valence-corrected chi connectivity index (χ4v) is 2.54. The van der Waals surface area contributed by atoms with E-state index in [1.165, 1.54) is 0 Å². The maximum Gasteiger partial charge on any atom is 0.120 e. The Bertz CT molecular complexity index is 353. The third-order valence-corrected chi connectivity index (χ3v) is 3.72. The van der Waals surface area contributed by atoms with Crippen molar-refractivity contribution in [1.29, 1.82) is 0 Å². The number of nitrogens with one attached hydrogen (secondary N) is 1. The summed E-state index contributed by atoms with van der Waals surface area (Å²) in [6, 6.07) is 8.01. The number of ether oxygens (including phenoxy) is 1. The number of rotatable bonds is 4. The first-order valence-corrected chi connectivity index (χ1v) is 6.89. The fourth-order valence-electron chi connectivity index (χ4n) is 2.16. The summed E-state index contributed by atoms with van der Waals surface area (Å²) in [4.78, 5) is 0. The Balaban J connectivity index is 1.80. The molecule has 3 N–H and O–H groups in total. The van der Waals surface area contributed by atoms with Gasteiger partial charge in [0.25, 0.3) is 0 Å². The molecule has 1 heterocycles. The number of benzene rings is 1. The molecule has 1 saturated heterocycles. The van der Waals surface area contributed by atoms with Gasteiger partial charge in [-0.1, -0.05) is 22.0 Å². The van der Waals surface area contributed by atoms with E-state index in [1.807, 2.05) is 24.3 Å². The number of halogens is 1. The molecule has 1 atom stereocenters. The molecule has 0 aliphatic carbocycles. The average Bonchev–Trinajstić information content (AvgIpc) is 2.37. The van der Waals surface area contributed by atoms with Gasteiger partial charge in [-0.15, -0.1) is 0 Å². The molecule has 1 aromatic rings. The van der Waals surface area contributed by atoms with Crippen molar-refractivity contribution in [2.45, 2.75) is 18.9 Å². The van der Waals surface area contributed by atoms with E-state index in [9.17, 15) is 0 Å². The van der Waals surface area contributed by atoms with Crippen LogP contribution in [0.2, 0.25) is 0 Å². The monoisotopic (exact) mass is 298 g/mol. The van der Waals surface area contributed by atoms with Gasteiger partial charge < -0.3 is 15.8 Å². The molecule has 3 nitrogen and oxygen atoms in total. The molecule has 4 heteroatoms. The van der Waals surface area contributed by atoms with Crippen LogP contribution < -0.4 is 15.8 Å². The summed E-state index contributed by atoms with van der Waals surface area (Å²) in [5.41, 5.74) is 6.17. The Morgan fingerprint density at radius 2 is 2.18 bits per heavy atom. The highest BCUT2D eigenvalue weighted by molar-refractivity contribution is 9.10. The number of piperidine rings is 1. The lowest BCUT2D eigenvalue weighted by Crippen LogP contribution is -2.41. The lowest BCUT2D eigenvalue weighted by molar-refractivity contribution is 0.219. The second kappa shape index (κ2) is 6.38. The highest BCUT2D eigenvalue weighted by Crippen LogP contribution is 2.19. The topological polar surface area (TPSA) is 47.3 Å². The minimum atomic E-state index is 0.135. The van der Waals surface area contributed by atoms with Gasteiger partial charge in [-0.2, -0.15) is 0 Å². The van der Waals surface area contributed by atoms with Crippen LogP contribution in [0.15, 0.2) is 28.7 Å². The summed E-state index contributed by atoms with van der Waals surface area (Å²) in [5.74, 6) is 1.46. The highest BCUT2D eigenvalue weighted by Gasteiger charge is 2.20. The molecular weight excluding hydrogens is 280 g/mol. The molecular formula is C13H19BrN2O. The van der Waals surface area contributed by atoms with Crippen molar-refractivity contribution in [2.24, 2.45) is 11.7 Å². The smallest absolute Gasteiger partial charge is 0.120 e. The van der Waals surface area contributed by atoms with Crippen LogP contribution in [0, 0.1) is 5.92 Å². The first-order chi connectivity index (χ1) is 8.25. The summed E-state index contributed by atoms with van der Waals surface area (Å²) in [6.07, 6.45) is 2.31. The number of nitrogens with two attached hydrogens (primary N) is 1. The summed E-state index contributed by atoms with van der Waals surface area (Å²) in [5, 5.41) is 3.35. The first-order valence-electron chi connectivity index (χ1n) is 6.10. The van der Waals surface area contributed by atoms with E-state index >= 15 is 0 Å². The number of hydrogen-bond acceptors (Lipinski definition) is 3. The fraction of sp³-hybridized carbons (Fsp3) is 0.538. The lowest BCUT2D eigenvalue weighted by Gasteiger charge is -2.28. The highest BCUT2D eigenvalue weighted by atomic mass is 79.9. The van der Waals surface area contributed by atoms with E-state index in [0.29, 0.717) is 12.5 Å². The predicted molar refractivity (Wildman–Crippen MR) is 73.2 cm³/mol. The second-order valence-corrected chi connectivity index (χ2v) is 5.44. The van der Waals surface area contributed by atoms with Gasteiger partial charge >= 0.3 is 0 Å². The maximum atomic E-state index is 6.17. The molecule has 0 spiro atoms. The molecule has 0 bridgehead atoms. The van der Waals surface area contributed by atoms with Gasteiger partial charge in [0.2, 0.25) is 0 Å². The molecule has 94 valence electrons. The van der Waals surface area contributed by atoms with Crippen LogP contribution in [0.4, 0.5) is 0 Å². The van der Waals surface area contributed by atoms with Crippen molar-refractivity contribution in [3.05, 3.63) is 28.7 Å². The Kier molecular flexibility index (Phi) is 4.83. The van der Waals surface area contributed by atoms with Gasteiger partial charge in [-0.25, -0.2) is 0 Å². The van der Waals surface area contributed by atoms with Crippen LogP contribution in [-0.2, 0) is 0 Å². The molecule has 0 aromatic heterocycles. The summed E-state index contributed by atoms with van der Waals surface area (Å²) < 4.78 is 6.76. The molecule has 1 unspecified atom stereocenters. The van der Waals surface area contributed by atoms with Crippen molar-refractivity contribution in [2.75, 3.05) is 19.7 Å². The molecule has 17 heavy (non-hydrogen) atoms. The van der Waals surface area contributed by atoms with Gasteiger partial charge in [0.05, 0.1) is 0 Å². The Morgan fingerprint density at radius 3 is 2.88 bits per heavy atom. The van der Waals surface area contributed by atoms with E-state index in [2.05, 4.69) is 21.2 Å². The van der Waals surface area contributed by atoms with Gasteiger partial charge in [0, 0.05) is 10.5 Å². The van der Waals surface area contributed by atoms with E-state index < -0.39 is 0 Å². The van der Waals surface area contributed by atoms with Crippen molar-refractivity contribution >= 4 is 15.9 Å². The number of hydrogen-bond donors (Lipinski definition) is 2. The van der Waals surface area contributed by atoms with E-state index in [-0.39, 0.29) is 6.04 Å². The van der Waals surface area contributed by atoms with Crippen LogP contribution in [0.3, 0.4) is 0 Å². The van der Waals surface area contributed by atoms with Gasteiger partial charge in [0.15, 0.2) is 0 Å². The maximum absolute atomic E-state index is 6.17. The Labute approximate surface area is 111 Å². The second-order valence-electron chi connectivity index (χ2n) is 4.52. The Hall–Kier alpha value is -0.580. The zero-order valence-corrected chi connectivity index (χ0v) is 11.4. The largest absolute Gasteiger partial charge is 0.492 e. The van der Waals surface area contributed by atoms with Crippen molar-refractivity contribution < 1.29 is 4.74 Å². The molecule has 1 aliphatic rings. The zero-order chi connectivity index (χ0) is 12.1. The van der Waals surface area contributed by atoms with Crippen LogP contribution in [0.5, 0.6) is 5.75 Å². The summed E-state index contributed by atoms with van der Waals surface area (Å²) in [6.45, 7) is 2.76. The standard InChI is InChI=1S/C13H19BrN2O/c14-11-2-1-3-12(8-11)17-9-13(15)10-4-6-16-7-5-10/h1-3,8,10,13,16H,4-7,9,15H2. The molecule has 0 radical (unpaired) electrons. The van der Waals surface area contributed by atoms with E-state index in [0.717, 1.165) is 36.2 Å². The van der Waals surface area contributed by atoms with Gasteiger partial charge in [-0.3, -0.25) is 0 Å². The van der Waals surface area contributed by atoms with Crippen molar-refractivity contribution in [1.82, 2.24) is 5.32 Å². The van der Waals surface area contributed by atoms with Crippen LogP contribution in [0.1, 0.15) is 12.8 Å². The molecule has 0 saturated carbocycles. The van der Waals surface area contributed by atoms with E-state index in [4.69, 9.17) is 10.5 Å². The third kappa shape index (κ3) is 3.98. The zero-order valence-electron chi connectivity index (χ0n) is 9.86. The van der Waals surface area contributed by atoms with Gasteiger partial charge in [0.1, 0.15) is 12.4 Å². The van der Waals surface area contributed by atoms with Gasteiger partial charge in [-0.05, 0) is 50.0 Å². The Morgan fingerprint density at radius 1 is 1.41 bits per heavy atom. The normalized spacial score (nSPS) is 18.9. The molecule has 0 amide bonds. The third-order valence-electron chi connectivity index (χ3n) is 3.23. The van der Waals surface area contributed by atoms with Crippen LogP contribution in [-0.4, -0.2) is 25.7 Å². The van der Waals surface area contributed by atoms with Crippen molar-refractivity contribution in [3.8, 4) is 5.75 Å². The first kappa shape index (κ1) is 12.9. The SMILES string of the molecule is NC(COc1cccc(Br)c1)C1CCNCC1. The summed E-state index contributed by atoms with van der Waals surface area (Å²) >= 11 is 3.43. The van der Waals surface area contributed by atoms with E-state index in [1.54, 1.807) is 0 Å². The summed E-state index contributed by atoms with van der Waals surface area (Å²) in [7, 11) is 0. The molecule has 2 rings (SSSR count). The van der Waals surface area contributed by atoms with Crippen molar-refractivity contribution in [3.63, 3.8) is 0 Å². The predicted octanol–water partition coefficient (Wildman–Crippen LogP) is 2.15. The molecule has 1 aliphatic heterocycles. The van der Waals surface area contributed by atoms with Crippen LogP contribution in [0.25, 0.3) is 0 Å². The molecule has 1 aromatic carbocycles. The minimum Gasteiger partial charge on any atom is -0.492 e. The molecule has 1 fully saturated rings. The average molecular weight is 299 g/mol.